The molecule has 0 spiro atoms. The van der Waals surface area contributed by atoms with E-state index in [1.807, 2.05) is 24.3 Å². The zero-order chi connectivity index (χ0) is 29.4. The maximum absolute atomic E-state index is 13.4. The smallest absolute Gasteiger partial charge is 0.255 e. The number of nitrogens with one attached hydrogen (secondary N) is 3. The average Bonchev–Trinajstić information content (AvgIpc) is 3.44. The number of para-hydroxylation sites is 1. The van der Waals surface area contributed by atoms with E-state index < -0.39 is 48.2 Å². The molecular weight excluding hydrogens is 528 g/mol. The highest BCUT2D eigenvalue weighted by molar-refractivity contribution is 6.01. The minimum absolute atomic E-state index is 0.147. The Morgan fingerprint density at radius 3 is 2.76 bits per heavy atom. The fraction of sp³-hybridized carbons (Fsp3) is 0.467. The van der Waals surface area contributed by atoms with Gasteiger partial charge in [-0.25, -0.2) is 0 Å². The van der Waals surface area contributed by atoms with Crippen molar-refractivity contribution in [2.24, 2.45) is 0 Å². The lowest BCUT2D eigenvalue weighted by atomic mass is 10.1. The van der Waals surface area contributed by atoms with Gasteiger partial charge in [0.05, 0.1) is 31.2 Å². The first-order valence-electron chi connectivity index (χ1n) is 14.0. The molecule has 41 heavy (non-hydrogen) atoms. The molecule has 0 saturated carbocycles. The van der Waals surface area contributed by atoms with Gasteiger partial charge < -0.3 is 35.4 Å². The Labute approximate surface area is 239 Å². The van der Waals surface area contributed by atoms with E-state index in [4.69, 9.17) is 9.47 Å². The van der Waals surface area contributed by atoms with Crippen LogP contribution in [0.1, 0.15) is 48.5 Å². The van der Waals surface area contributed by atoms with E-state index in [1.54, 1.807) is 36.3 Å². The van der Waals surface area contributed by atoms with Crippen LogP contribution < -0.4 is 25.4 Å². The molecule has 1 fully saturated rings. The van der Waals surface area contributed by atoms with E-state index in [2.05, 4.69) is 16.0 Å². The fourth-order valence-corrected chi connectivity index (χ4v) is 5.15. The van der Waals surface area contributed by atoms with E-state index >= 15 is 0 Å². The lowest BCUT2D eigenvalue weighted by Crippen LogP contribution is -2.57. The van der Waals surface area contributed by atoms with Crippen molar-refractivity contribution in [2.75, 3.05) is 26.8 Å². The number of nitrogens with zero attached hydrogens (tertiary/aromatic N) is 1. The van der Waals surface area contributed by atoms with Crippen LogP contribution in [0.3, 0.4) is 0 Å². The van der Waals surface area contributed by atoms with Crippen molar-refractivity contribution in [1.29, 1.82) is 0 Å². The van der Waals surface area contributed by atoms with Crippen LogP contribution in [0.15, 0.2) is 48.5 Å². The molecule has 11 heteroatoms. The molecule has 220 valence electrons. The van der Waals surface area contributed by atoms with Crippen LogP contribution in [-0.2, 0) is 20.8 Å². The normalized spacial score (nSPS) is 22.3. The number of ether oxygens (including phenoxy) is 2. The standard InChI is InChI=1S/C30H38N4O7/c1-19(35)27-30(39)34-15-7-10-21(34)18-41-25-13-4-3-12-23(25)28(37)32-24(17-26(36)33-27)29(38)31-14-6-9-20-8-5-11-22(16-20)40-2/h3-5,8,11-13,16,19,21,24,27,35H,6-7,9-10,14-15,17-18H2,1-2H3,(H,31,38)(H,32,37)(H,33,36)/t19-,21-,24+,27+/m1/s1. The zero-order valence-corrected chi connectivity index (χ0v) is 23.4. The van der Waals surface area contributed by atoms with Gasteiger partial charge in [0.1, 0.15) is 30.2 Å². The highest BCUT2D eigenvalue weighted by Gasteiger charge is 2.37. The molecule has 1 saturated heterocycles. The second-order valence-corrected chi connectivity index (χ2v) is 10.4. The van der Waals surface area contributed by atoms with Gasteiger partial charge in [0.2, 0.25) is 17.7 Å². The summed E-state index contributed by atoms with van der Waals surface area (Å²) >= 11 is 0. The molecule has 11 nitrogen and oxygen atoms in total. The predicted molar refractivity (Wildman–Crippen MR) is 150 cm³/mol. The number of aliphatic hydroxyl groups excluding tert-OH is 1. The van der Waals surface area contributed by atoms with Crippen LogP contribution in [-0.4, -0.2) is 84.7 Å². The number of aliphatic hydroxyl groups is 1. The van der Waals surface area contributed by atoms with Crippen LogP contribution in [0, 0.1) is 0 Å². The quantitative estimate of drug-likeness (QED) is 0.368. The number of benzene rings is 2. The first kappa shape index (κ1) is 29.9. The van der Waals surface area contributed by atoms with Crippen molar-refractivity contribution in [3.05, 3.63) is 59.7 Å². The van der Waals surface area contributed by atoms with E-state index in [0.29, 0.717) is 38.1 Å². The maximum Gasteiger partial charge on any atom is 0.255 e. The number of amides is 4. The van der Waals surface area contributed by atoms with Crippen LogP contribution in [0.5, 0.6) is 11.5 Å². The third kappa shape index (κ3) is 7.75. The van der Waals surface area contributed by atoms with Gasteiger partial charge >= 0.3 is 0 Å². The summed E-state index contributed by atoms with van der Waals surface area (Å²) in [6.07, 6.45) is 1.17. The van der Waals surface area contributed by atoms with Gasteiger partial charge in [0.15, 0.2) is 0 Å². The van der Waals surface area contributed by atoms with Gasteiger partial charge in [-0.1, -0.05) is 24.3 Å². The first-order chi connectivity index (χ1) is 19.8. The number of aryl methyl sites for hydroxylation is 1. The first-order valence-corrected chi connectivity index (χ1v) is 14.0. The third-order valence-electron chi connectivity index (χ3n) is 7.38. The number of rotatable bonds is 7. The summed E-state index contributed by atoms with van der Waals surface area (Å²) in [5, 5.41) is 18.4. The highest BCUT2D eigenvalue weighted by atomic mass is 16.5. The monoisotopic (exact) mass is 566 g/mol. The Bertz CT molecular complexity index is 1250. The van der Waals surface area contributed by atoms with Gasteiger partial charge in [0, 0.05) is 13.1 Å². The van der Waals surface area contributed by atoms with Crippen molar-refractivity contribution >= 4 is 23.6 Å². The lowest BCUT2D eigenvalue weighted by Gasteiger charge is -2.31. The van der Waals surface area contributed by atoms with E-state index in [9.17, 15) is 24.3 Å². The van der Waals surface area contributed by atoms with Crippen molar-refractivity contribution in [2.45, 2.75) is 63.3 Å². The highest BCUT2D eigenvalue weighted by Crippen LogP contribution is 2.24. The second-order valence-electron chi connectivity index (χ2n) is 10.4. The van der Waals surface area contributed by atoms with Gasteiger partial charge in [-0.3, -0.25) is 19.2 Å². The molecule has 2 aromatic rings. The molecule has 0 aromatic heterocycles. The number of carbonyl (C=O) groups excluding carboxylic acids is 4. The Hall–Kier alpha value is -4.12. The summed E-state index contributed by atoms with van der Waals surface area (Å²) in [4.78, 5) is 54.6. The third-order valence-corrected chi connectivity index (χ3v) is 7.38. The largest absolute Gasteiger partial charge is 0.497 e. The zero-order valence-electron chi connectivity index (χ0n) is 23.4. The Morgan fingerprint density at radius 1 is 1.17 bits per heavy atom. The second kappa shape index (κ2) is 14.0. The Morgan fingerprint density at radius 2 is 1.98 bits per heavy atom. The molecule has 0 aliphatic carbocycles. The molecular formula is C30H38N4O7. The molecule has 4 rings (SSSR count). The number of hydrogen-bond donors (Lipinski definition) is 4. The molecule has 4 amide bonds. The topological polar surface area (TPSA) is 146 Å². The average molecular weight is 567 g/mol. The molecule has 2 aliphatic heterocycles. The summed E-state index contributed by atoms with van der Waals surface area (Å²) in [7, 11) is 1.60. The molecule has 0 unspecified atom stereocenters. The van der Waals surface area contributed by atoms with Crippen LogP contribution >= 0.6 is 0 Å². The van der Waals surface area contributed by atoms with Crippen molar-refractivity contribution in [3.8, 4) is 11.5 Å². The molecule has 4 atom stereocenters. The van der Waals surface area contributed by atoms with Crippen LogP contribution in [0.4, 0.5) is 0 Å². The molecule has 0 bridgehead atoms. The Balaban J connectivity index is 1.50. The van der Waals surface area contributed by atoms with Crippen LogP contribution in [0.2, 0.25) is 0 Å². The van der Waals surface area contributed by atoms with Crippen molar-refractivity contribution < 1.29 is 33.8 Å². The number of methoxy groups -OCH3 is 1. The van der Waals surface area contributed by atoms with Gasteiger partial charge in [-0.2, -0.15) is 0 Å². The van der Waals surface area contributed by atoms with Crippen LogP contribution in [0.25, 0.3) is 0 Å². The Kier molecular flexibility index (Phi) is 10.2. The summed E-state index contributed by atoms with van der Waals surface area (Å²) in [6, 6.07) is 11.6. The fourth-order valence-electron chi connectivity index (χ4n) is 5.15. The number of hydrogen-bond acceptors (Lipinski definition) is 7. The maximum atomic E-state index is 13.4. The number of fused-ring (bicyclic) bond motifs is 2. The summed E-state index contributed by atoms with van der Waals surface area (Å²) in [5.74, 6) is -1.09. The minimum atomic E-state index is -1.22. The lowest BCUT2D eigenvalue weighted by molar-refractivity contribution is -0.140. The summed E-state index contributed by atoms with van der Waals surface area (Å²) < 4.78 is 11.3. The summed E-state index contributed by atoms with van der Waals surface area (Å²) in [6.45, 7) is 2.36. The number of carbonyl (C=O) groups is 4. The van der Waals surface area contributed by atoms with Crippen molar-refractivity contribution in [1.82, 2.24) is 20.9 Å². The minimum Gasteiger partial charge on any atom is -0.497 e. The van der Waals surface area contributed by atoms with Gasteiger partial charge in [-0.15, -0.1) is 0 Å². The molecule has 2 aromatic carbocycles. The van der Waals surface area contributed by atoms with Gasteiger partial charge in [-0.05, 0) is 62.4 Å². The molecule has 4 N–H and O–H groups in total. The predicted octanol–water partition coefficient (Wildman–Crippen LogP) is 1.18. The SMILES string of the molecule is COc1cccc(CCCNC(=O)[C@@H]2CC(=O)N[C@@H]([C@@H](C)O)C(=O)N3CCC[C@@H]3COc3ccccc3C(=O)N2)c1. The van der Waals surface area contributed by atoms with Gasteiger partial charge in [0.25, 0.3) is 5.91 Å². The van der Waals surface area contributed by atoms with Crippen molar-refractivity contribution in [3.63, 3.8) is 0 Å². The molecule has 0 radical (unpaired) electrons. The molecule has 2 heterocycles. The molecule has 2 aliphatic rings. The van der Waals surface area contributed by atoms with E-state index in [-0.39, 0.29) is 18.2 Å². The summed E-state index contributed by atoms with van der Waals surface area (Å²) in [5.41, 5.74) is 1.27. The van der Waals surface area contributed by atoms with E-state index in [0.717, 1.165) is 17.7 Å². The van der Waals surface area contributed by atoms with E-state index in [1.165, 1.54) is 6.92 Å².